The fourth-order valence-corrected chi connectivity index (χ4v) is 2.67. The van der Waals surface area contributed by atoms with E-state index in [2.05, 4.69) is 40.2 Å². The van der Waals surface area contributed by atoms with Crippen LogP contribution < -0.4 is 5.73 Å². The Morgan fingerprint density at radius 1 is 1.10 bits per heavy atom. The summed E-state index contributed by atoms with van der Waals surface area (Å²) in [5, 5.41) is 0. The molecule has 0 amide bonds. The maximum atomic E-state index is 5.76. The number of pyridine rings is 1. The summed E-state index contributed by atoms with van der Waals surface area (Å²) in [6.45, 7) is 5.16. The summed E-state index contributed by atoms with van der Waals surface area (Å²) < 4.78 is 5.38. The van der Waals surface area contributed by atoms with Gasteiger partial charge in [0.25, 0.3) is 0 Å². The van der Waals surface area contributed by atoms with Gasteiger partial charge in [-0.3, -0.25) is 9.88 Å². The molecule has 21 heavy (non-hydrogen) atoms. The van der Waals surface area contributed by atoms with Crippen molar-refractivity contribution in [3.05, 3.63) is 53.9 Å². The van der Waals surface area contributed by atoms with Gasteiger partial charge in [0.15, 0.2) is 0 Å². The van der Waals surface area contributed by atoms with E-state index in [9.17, 15) is 0 Å². The van der Waals surface area contributed by atoms with Crippen molar-refractivity contribution in [3.63, 3.8) is 0 Å². The van der Waals surface area contributed by atoms with Gasteiger partial charge in [-0.15, -0.1) is 0 Å². The minimum absolute atomic E-state index is 0.464. The summed E-state index contributed by atoms with van der Waals surface area (Å²) in [4.78, 5) is 6.77. The first kappa shape index (κ1) is 14.2. The van der Waals surface area contributed by atoms with Crippen LogP contribution in [0.3, 0.4) is 0 Å². The average Bonchev–Trinajstić information content (AvgIpc) is 2.56. The van der Waals surface area contributed by atoms with Crippen molar-refractivity contribution in [2.75, 3.05) is 26.3 Å². The van der Waals surface area contributed by atoms with Crippen LogP contribution in [0, 0.1) is 0 Å². The SMILES string of the molecule is NCc1ncccc1-c1ccc(CN2CCOCC2)cc1. The number of benzene rings is 1. The molecule has 2 aromatic rings. The lowest BCUT2D eigenvalue weighted by Gasteiger charge is -2.26. The molecule has 1 saturated heterocycles. The molecule has 0 radical (unpaired) electrons. The van der Waals surface area contributed by atoms with Gasteiger partial charge in [-0.2, -0.15) is 0 Å². The van der Waals surface area contributed by atoms with Gasteiger partial charge in [-0.1, -0.05) is 30.3 Å². The van der Waals surface area contributed by atoms with E-state index in [1.807, 2.05) is 6.07 Å². The first-order valence-electron chi connectivity index (χ1n) is 7.40. The zero-order valence-electron chi connectivity index (χ0n) is 12.2. The molecule has 0 aliphatic carbocycles. The summed E-state index contributed by atoms with van der Waals surface area (Å²) in [5.74, 6) is 0. The lowest BCUT2D eigenvalue weighted by atomic mass is 10.0. The second-order valence-corrected chi connectivity index (χ2v) is 5.29. The minimum Gasteiger partial charge on any atom is -0.379 e. The quantitative estimate of drug-likeness (QED) is 0.933. The number of aromatic nitrogens is 1. The first-order valence-corrected chi connectivity index (χ1v) is 7.40. The van der Waals surface area contributed by atoms with Gasteiger partial charge < -0.3 is 10.5 Å². The Bertz CT molecular complexity index is 577. The standard InChI is InChI=1S/C17H21N3O/c18-12-17-16(2-1-7-19-17)15-5-3-14(4-6-15)13-20-8-10-21-11-9-20/h1-7H,8-13,18H2. The topological polar surface area (TPSA) is 51.4 Å². The van der Waals surface area contributed by atoms with Crippen LogP contribution in [0.5, 0.6) is 0 Å². The normalized spacial score (nSPS) is 16.0. The molecule has 2 N–H and O–H groups in total. The molecule has 0 saturated carbocycles. The van der Waals surface area contributed by atoms with Crippen molar-refractivity contribution in [2.24, 2.45) is 5.73 Å². The first-order chi connectivity index (χ1) is 10.4. The molecule has 0 unspecified atom stereocenters. The van der Waals surface area contributed by atoms with Gasteiger partial charge in [0, 0.05) is 37.9 Å². The van der Waals surface area contributed by atoms with E-state index < -0.39 is 0 Å². The number of morpholine rings is 1. The Morgan fingerprint density at radius 2 is 1.86 bits per heavy atom. The van der Waals surface area contributed by atoms with E-state index in [1.54, 1.807) is 6.20 Å². The number of hydrogen-bond donors (Lipinski definition) is 1. The summed E-state index contributed by atoms with van der Waals surface area (Å²) in [5.41, 5.74) is 10.3. The number of nitrogens with two attached hydrogens (primary N) is 1. The van der Waals surface area contributed by atoms with E-state index in [0.29, 0.717) is 6.54 Å². The van der Waals surface area contributed by atoms with Crippen molar-refractivity contribution in [1.82, 2.24) is 9.88 Å². The van der Waals surface area contributed by atoms with Crippen LogP contribution in [0.1, 0.15) is 11.3 Å². The monoisotopic (exact) mass is 283 g/mol. The third-order valence-electron chi connectivity index (χ3n) is 3.86. The molecule has 1 fully saturated rings. The number of nitrogens with zero attached hydrogens (tertiary/aromatic N) is 2. The Balaban J connectivity index is 1.74. The highest BCUT2D eigenvalue weighted by atomic mass is 16.5. The Morgan fingerprint density at radius 3 is 2.57 bits per heavy atom. The lowest BCUT2D eigenvalue weighted by molar-refractivity contribution is 0.0342. The molecule has 4 heteroatoms. The lowest BCUT2D eigenvalue weighted by Crippen LogP contribution is -2.35. The third kappa shape index (κ3) is 3.47. The predicted molar refractivity (Wildman–Crippen MR) is 83.7 cm³/mol. The molecule has 1 aromatic carbocycles. The van der Waals surface area contributed by atoms with Crippen molar-refractivity contribution < 1.29 is 4.74 Å². The minimum atomic E-state index is 0.464. The van der Waals surface area contributed by atoms with Crippen LogP contribution in [0.2, 0.25) is 0 Å². The van der Waals surface area contributed by atoms with E-state index in [-0.39, 0.29) is 0 Å². The van der Waals surface area contributed by atoms with Gasteiger partial charge in [0.05, 0.1) is 18.9 Å². The molecule has 1 aliphatic rings. The van der Waals surface area contributed by atoms with Crippen LogP contribution in [0.4, 0.5) is 0 Å². The highest BCUT2D eigenvalue weighted by molar-refractivity contribution is 5.66. The number of ether oxygens (including phenoxy) is 1. The molecule has 110 valence electrons. The van der Waals surface area contributed by atoms with Crippen LogP contribution >= 0.6 is 0 Å². The second kappa shape index (κ2) is 6.80. The van der Waals surface area contributed by atoms with Crippen molar-refractivity contribution in [1.29, 1.82) is 0 Å². The van der Waals surface area contributed by atoms with E-state index in [0.717, 1.165) is 44.1 Å². The highest BCUT2D eigenvalue weighted by Gasteiger charge is 2.11. The van der Waals surface area contributed by atoms with Crippen molar-refractivity contribution in [3.8, 4) is 11.1 Å². The fourth-order valence-electron chi connectivity index (χ4n) is 2.67. The van der Waals surface area contributed by atoms with Crippen molar-refractivity contribution >= 4 is 0 Å². The summed E-state index contributed by atoms with van der Waals surface area (Å²) in [7, 11) is 0. The largest absolute Gasteiger partial charge is 0.379 e. The number of rotatable bonds is 4. The van der Waals surface area contributed by atoms with Gasteiger partial charge in [0.2, 0.25) is 0 Å². The molecule has 1 aliphatic heterocycles. The van der Waals surface area contributed by atoms with Gasteiger partial charge in [0.1, 0.15) is 0 Å². The molecule has 3 rings (SSSR count). The Labute approximate surface area is 125 Å². The number of hydrogen-bond acceptors (Lipinski definition) is 4. The molecule has 0 bridgehead atoms. The molecular weight excluding hydrogens is 262 g/mol. The summed E-state index contributed by atoms with van der Waals surface area (Å²) in [6, 6.07) is 12.7. The zero-order chi connectivity index (χ0) is 14.5. The zero-order valence-corrected chi connectivity index (χ0v) is 12.2. The highest BCUT2D eigenvalue weighted by Crippen LogP contribution is 2.22. The summed E-state index contributed by atoms with van der Waals surface area (Å²) >= 11 is 0. The van der Waals surface area contributed by atoms with Crippen LogP contribution in [0.25, 0.3) is 11.1 Å². The molecule has 0 atom stereocenters. The van der Waals surface area contributed by atoms with Crippen LogP contribution in [0.15, 0.2) is 42.6 Å². The van der Waals surface area contributed by atoms with Gasteiger partial charge in [-0.25, -0.2) is 0 Å². The molecule has 0 spiro atoms. The second-order valence-electron chi connectivity index (χ2n) is 5.29. The molecule has 1 aromatic heterocycles. The Kier molecular flexibility index (Phi) is 4.60. The smallest absolute Gasteiger partial charge is 0.0617 e. The van der Waals surface area contributed by atoms with E-state index in [1.165, 1.54) is 11.1 Å². The van der Waals surface area contributed by atoms with Crippen LogP contribution in [-0.4, -0.2) is 36.2 Å². The van der Waals surface area contributed by atoms with E-state index >= 15 is 0 Å². The average molecular weight is 283 g/mol. The fraction of sp³-hybridized carbons (Fsp3) is 0.353. The van der Waals surface area contributed by atoms with E-state index in [4.69, 9.17) is 10.5 Å². The van der Waals surface area contributed by atoms with Gasteiger partial charge >= 0.3 is 0 Å². The molecule has 2 heterocycles. The molecular formula is C17H21N3O. The van der Waals surface area contributed by atoms with Gasteiger partial charge in [-0.05, 0) is 17.2 Å². The molecule has 4 nitrogen and oxygen atoms in total. The predicted octanol–water partition coefficient (Wildman–Crippen LogP) is 2.04. The van der Waals surface area contributed by atoms with Crippen molar-refractivity contribution in [2.45, 2.75) is 13.1 Å². The maximum Gasteiger partial charge on any atom is 0.0617 e. The summed E-state index contributed by atoms with van der Waals surface area (Å²) in [6.07, 6.45) is 1.79. The van der Waals surface area contributed by atoms with Crippen LogP contribution in [-0.2, 0) is 17.8 Å². The third-order valence-corrected chi connectivity index (χ3v) is 3.86. The Hall–Kier alpha value is -1.75. The maximum absolute atomic E-state index is 5.76.